The highest BCUT2D eigenvalue weighted by atomic mass is 32.2. The number of sulfone groups is 2. The van der Waals surface area contributed by atoms with Crippen molar-refractivity contribution in [2.45, 2.75) is 35.5 Å². The summed E-state index contributed by atoms with van der Waals surface area (Å²) in [5.41, 5.74) is 1.84. The zero-order chi connectivity index (χ0) is 16.4. The van der Waals surface area contributed by atoms with Crippen molar-refractivity contribution in [2.24, 2.45) is 0 Å². The van der Waals surface area contributed by atoms with Gasteiger partial charge in [0.05, 0.1) is 15.5 Å². The number of anilines is 1. The van der Waals surface area contributed by atoms with Crippen LogP contribution in [0.2, 0.25) is 0 Å². The first-order chi connectivity index (χ1) is 10.2. The second-order valence-corrected chi connectivity index (χ2v) is 9.63. The Hall–Kier alpha value is -1.34. The Morgan fingerprint density at radius 2 is 1.82 bits per heavy atom. The molecule has 0 heterocycles. The van der Waals surface area contributed by atoms with Crippen molar-refractivity contribution in [3.63, 3.8) is 0 Å². The Morgan fingerprint density at radius 1 is 1.09 bits per heavy atom. The largest absolute Gasteiger partial charge is 0.384 e. The number of hydrogen-bond donors (Lipinski definition) is 1. The normalized spacial score (nSPS) is 15.6. The topological polar surface area (TPSA) is 80.3 Å². The number of allylic oxidation sites excluding steroid dienone is 1. The quantitative estimate of drug-likeness (QED) is 0.802. The molecule has 0 fully saturated rings. The number of rotatable bonds is 6. The first-order valence-electron chi connectivity index (χ1n) is 7.14. The van der Waals surface area contributed by atoms with Gasteiger partial charge >= 0.3 is 0 Å². The summed E-state index contributed by atoms with van der Waals surface area (Å²) in [5.74, 6) is 0. The molecule has 0 spiro atoms. The van der Waals surface area contributed by atoms with Crippen LogP contribution in [-0.2, 0) is 19.7 Å². The molecule has 0 amide bonds. The summed E-state index contributed by atoms with van der Waals surface area (Å²) < 4.78 is 47.0. The fourth-order valence-electron chi connectivity index (χ4n) is 2.51. The van der Waals surface area contributed by atoms with Crippen LogP contribution in [0.3, 0.4) is 0 Å². The van der Waals surface area contributed by atoms with Crippen LogP contribution in [-0.4, -0.2) is 35.9 Å². The Morgan fingerprint density at radius 3 is 2.36 bits per heavy atom. The zero-order valence-corrected chi connectivity index (χ0v) is 14.4. The van der Waals surface area contributed by atoms with Crippen LogP contribution >= 0.6 is 0 Å². The number of hydrogen-bond acceptors (Lipinski definition) is 5. The average molecular weight is 343 g/mol. The highest BCUT2D eigenvalue weighted by Crippen LogP contribution is 2.26. The molecule has 0 aromatic heterocycles. The second kappa shape index (κ2) is 6.42. The van der Waals surface area contributed by atoms with E-state index < -0.39 is 19.7 Å². The average Bonchev–Trinajstić information content (AvgIpc) is 2.89. The predicted molar refractivity (Wildman–Crippen MR) is 87.7 cm³/mol. The van der Waals surface area contributed by atoms with Gasteiger partial charge in [0, 0.05) is 19.1 Å². The minimum Gasteiger partial charge on any atom is -0.384 e. The van der Waals surface area contributed by atoms with Crippen LogP contribution in [0.4, 0.5) is 5.69 Å². The van der Waals surface area contributed by atoms with Gasteiger partial charge in [-0.1, -0.05) is 11.6 Å². The van der Waals surface area contributed by atoms with E-state index in [1.54, 1.807) is 0 Å². The summed E-state index contributed by atoms with van der Waals surface area (Å²) in [6.45, 7) is 0.632. The molecule has 0 saturated carbocycles. The number of benzene rings is 1. The molecule has 0 unspecified atom stereocenters. The van der Waals surface area contributed by atoms with Gasteiger partial charge in [-0.15, -0.1) is 0 Å². The molecular weight excluding hydrogens is 322 g/mol. The van der Waals surface area contributed by atoms with Gasteiger partial charge in [-0.25, -0.2) is 16.8 Å². The Balaban J connectivity index is 2.23. The van der Waals surface area contributed by atoms with Gasteiger partial charge in [0.2, 0.25) is 0 Å². The molecule has 7 heteroatoms. The van der Waals surface area contributed by atoms with E-state index in [4.69, 9.17) is 0 Å². The Kier molecular flexibility index (Phi) is 4.97. The van der Waals surface area contributed by atoms with Crippen LogP contribution in [0.5, 0.6) is 0 Å². The third kappa shape index (κ3) is 4.33. The summed E-state index contributed by atoms with van der Waals surface area (Å²) in [5, 5.41) is 3.11. The molecule has 5 nitrogen and oxygen atoms in total. The van der Waals surface area contributed by atoms with Crippen molar-refractivity contribution in [3.8, 4) is 0 Å². The summed E-state index contributed by atoms with van der Waals surface area (Å²) in [4.78, 5) is 0.0350. The fourth-order valence-corrected chi connectivity index (χ4v) is 4.11. The van der Waals surface area contributed by atoms with E-state index in [9.17, 15) is 16.8 Å². The lowest BCUT2D eigenvalue weighted by Gasteiger charge is -2.12. The van der Waals surface area contributed by atoms with Crippen molar-refractivity contribution in [1.82, 2.24) is 0 Å². The van der Waals surface area contributed by atoms with Crippen LogP contribution in [0, 0.1) is 0 Å². The molecule has 0 atom stereocenters. The van der Waals surface area contributed by atoms with E-state index in [2.05, 4.69) is 11.4 Å². The smallest absolute Gasteiger partial charge is 0.177 e. The molecule has 1 aromatic rings. The van der Waals surface area contributed by atoms with Crippen molar-refractivity contribution < 1.29 is 16.8 Å². The molecule has 1 aliphatic carbocycles. The fraction of sp³-hybridized carbons (Fsp3) is 0.467. The van der Waals surface area contributed by atoms with Crippen LogP contribution < -0.4 is 5.32 Å². The third-order valence-corrected chi connectivity index (χ3v) is 5.92. The minimum absolute atomic E-state index is 0.0111. The molecule has 1 aliphatic rings. The van der Waals surface area contributed by atoms with Crippen LogP contribution in [0.1, 0.15) is 25.7 Å². The summed E-state index contributed by atoms with van der Waals surface area (Å²) >= 11 is 0. The maximum atomic E-state index is 11.9. The van der Waals surface area contributed by atoms with E-state index in [0.717, 1.165) is 31.8 Å². The van der Waals surface area contributed by atoms with Gasteiger partial charge in [0.25, 0.3) is 0 Å². The first kappa shape index (κ1) is 17.0. The van der Waals surface area contributed by atoms with Gasteiger partial charge in [0.15, 0.2) is 19.7 Å². The van der Waals surface area contributed by atoms with Crippen LogP contribution in [0.25, 0.3) is 0 Å². The van der Waals surface area contributed by atoms with Crippen LogP contribution in [0.15, 0.2) is 39.6 Å². The standard InChI is InChI=1S/C15H21NO4S2/c1-21(17,18)13-7-8-14(15(11-13)22(2,19)20)16-10-9-12-5-3-4-6-12/h5,7-8,11,16H,3-4,6,9-10H2,1-2H3. The summed E-state index contributed by atoms with van der Waals surface area (Å²) in [7, 11) is -6.94. The molecular formula is C15H21NO4S2. The van der Waals surface area contributed by atoms with Crippen molar-refractivity contribution in [2.75, 3.05) is 24.4 Å². The van der Waals surface area contributed by atoms with E-state index in [1.807, 2.05) is 0 Å². The molecule has 22 heavy (non-hydrogen) atoms. The number of nitrogens with one attached hydrogen (secondary N) is 1. The minimum atomic E-state index is -3.51. The van der Waals surface area contributed by atoms with Crippen molar-refractivity contribution >= 4 is 25.4 Å². The summed E-state index contributed by atoms with van der Waals surface area (Å²) in [6, 6.07) is 4.18. The summed E-state index contributed by atoms with van der Waals surface area (Å²) in [6.07, 6.45) is 8.66. The van der Waals surface area contributed by atoms with E-state index in [0.29, 0.717) is 12.2 Å². The molecule has 0 radical (unpaired) electrons. The first-order valence-corrected chi connectivity index (χ1v) is 10.9. The van der Waals surface area contributed by atoms with Gasteiger partial charge in [-0.2, -0.15) is 0 Å². The maximum Gasteiger partial charge on any atom is 0.177 e. The van der Waals surface area contributed by atoms with Crippen molar-refractivity contribution in [3.05, 3.63) is 29.8 Å². The highest BCUT2D eigenvalue weighted by molar-refractivity contribution is 7.91. The van der Waals surface area contributed by atoms with Crippen molar-refractivity contribution in [1.29, 1.82) is 0 Å². The monoisotopic (exact) mass is 343 g/mol. The third-order valence-electron chi connectivity index (χ3n) is 3.68. The Labute approximate surface area is 132 Å². The van der Waals surface area contributed by atoms with Gasteiger partial charge in [-0.3, -0.25) is 0 Å². The lowest BCUT2D eigenvalue weighted by molar-refractivity contribution is 0.600. The zero-order valence-electron chi connectivity index (χ0n) is 12.8. The van der Waals surface area contributed by atoms with Gasteiger partial charge in [0.1, 0.15) is 0 Å². The van der Waals surface area contributed by atoms with Gasteiger partial charge in [-0.05, 0) is 43.9 Å². The molecule has 1 aromatic carbocycles. The van der Waals surface area contributed by atoms with Gasteiger partial charge < -0.3 is 5.32 Å². The SMILES string of the molecule is CS(=O)(=O)c1ccc(NCCC2=CCCC2)c(S(C)(=O)=O)c1. The molecule has 122 valence electrons. The van der Waals surface area contributed by atoms with E-state index in [-0.39, 0.29) is 9.79 Å². The molecule has 0 bridgehead atoms. The molecule has 1 N–H and O–H groups in total. The Bertz CT molecular complexity index is 793. The van der Waals surface area contributed by atoms with E-state index >= 15 is 0 Å². The molecule has 0 aliphatic heterocycles. The van der Waals surface area contributed by atoms with E-state index in [1.165, 1.54) is 30.2 Å². The predicted octanol–water partition coefficient (Wildman–Crippen LogP) is 2.41. The highest BCUT2D eigenvalue weighted by Gasteiger charge is 2.17. The lowest BCUT2D eigenvalue weighted by Crippen LogP contribution is -2.09. The molecule has 0 saturated heterocycles. The lowest BCUT2D eigenvalue weighted by atomic mass is 10.1. The second-order valence-electron chi connectivity index (χ2n) is 5.63. The molecule has 2 rings (SSSR count). The maximum absolute atomic E-state index is 11.9.